The fraction of sp³-hybridized carbons (Fsp3) is 0.333. The minimum absolute atomic E-state index is 0.00392. The molecule has 3 aromatic carbocycles. The van der Waals surface area contributed by atoms with Crippen LogP contribution in [0.5, 0.6) is 11.5 Å². The number of carbonyl (C=O) groups is 4. The Balaban J connectivity index is 0.000000240. The lowest BCUT2D eigenvalue weighted by Crippen LogP contribution is -2.43. The lowest BCUT2D eigenvalue weighted by molar-refractivity contribution is -0.149. The molecule has 4 aromatic rings. The summed E-state index contributed by atoms with van der Waals surface area (Å²) < 4.78 is 10.8. The van der Waals surface area contributed by atoms with Crippen molar-refractivity contribution in [3.05, 3.63) is 75.9 Å². The molecule has 248 valence electrons. The number of hydrogen-bond donors (Lipinski definition) is 1. The van der Waals surface area contributed by atoms with Gasteiger partial charge in [-0.1, -0.05) is 52.3 Å². The molecule has 10 nitrogen and oxygen atoms in total. The van der Waals surface area contributed by atoms with Crippen LogP contribution in [0.1, 0.15) is 45.1 Å². The van der Waals surface area contributed by atoms with E-state index in [9.17, 15) is 24.0 Å². The maximum Gasteiger partial charge on any atom is 0.337 e. The van der Waals surface area contributed by atoms with E-state index < -0.39 is 17.9 Å². The van der Waals surface area contributed by atoms with Crippen molar-refractivity contribution in [3.8, 4) is 22.1 Å². The van der Waals surface area contributed by atoms with Gasteiger partial charge in [-0.05, 0) is 93.6 Å². The summed E-state index contributed by atoms with van der Waals surface area (Å²) in [6.07, 6.45) is 1.27. The Morgan fingerprint density at radius 3 is 2.32 bits per heavy atom. The van der Waals surface area contributed by atoms with Crippen molar-refractivity contribution < 1.29 is 33.8 Å². The van der Waals surface area contributed by atoms with Crippen LogP contribution in [0, 0.1) is 5.92 Å². The Hall–Kier alpha value is -3.72. The number of ether oxygens (including phenoxy) is 2. The molecular formula is C33H34N2O8S4. The van der Waals surface area contributed by atoms with Crippen LogP contribution >= 0.6 is 42.3 Å². The average molecular weight is 715 g/mol. The Morgan fingerprint density at radius 2 is 1.68 bits per heavy atom. The molecule has 1 aliphatic rings. The third-order valence-corrected chi connectivity index (χ3v) is 11.8. The molecule has 1 aromatic heterocycles. The fourth-order valence-corrected chi connectivity index (χ4v) is 8.36. The summed E-state index contributed by atoms with van der Waals surface area (Å²) in [5.41, 5.74) is 1.71. The number of carboxylic acid groups (broad SMARTS) is 1. The Bertz CT molecular complexity index is 1790. The van der Waals surface area contributed by atoms with E-state index in [1.54, 1.807) is 38.3 Å². The van der Waals surface area contributed by atoms with Crippen LogP contribution in [-0.2, 0) is 19.2 Å². The van der Waals surface area contributed by atoms with Gasteiger partial charge in [0.1, 0.15) is 22.5 Å². The summed E-state index contributed by atoms with van der Waals surface area (Å²) in [5, 5.41) is 11.8. The lowest BCUT2D eigenvalue weighted by Gasteiger charge is -2.24. The van der Waals surface area contributed by atoms with Gasteiger partial charge in [-0.3, -0.25) is 19.2 Å². The average Bonchev–Trinajstić information content (AvgIpc) is 3.74. The summed E-state index contributed by atoms with van der Waals surface area (Å²) in [7, 11) is 6.52. The van der Waals surface area contributed by atoms with Gasteiger partial charge in [0.2, 0.25) is 5.91 Å². The van der Waals surface area contributed by atoms with Gasteiger partial charge in [0.25, 0.3) is 0 Å². The zero-order chi connectivity index (χ0) is 34.1. The number of nitrogens with zero attached hydrogens (tertiary/aromatic N) is 2. The smallest absolute Gasteiger partial charge is 0.337 e. The predicted octanol–water partition coefficient (Wildman–Crippen LogP) is 6.73. The second kappa shape index (κ2) is 16.9. The molecule has 2 heterocycles. The monoisotopic (exact) mass is 714 g/mol. The molecule has 1 aliphatic heterocycles. The van der Waals surface area contributed by atoms with Gasteiger partial charge in [0, 0.05) is 30.7 Å². The number of fused-ring (bicyclic) bond motifs is 1. The molecule has 0 aliphatic carbocycles. The molecule has 1 saturated heterocycles. The number of hydrogen-bond acceptors (Lipinski definition) is 12. The van der Waals surface area contributed by atoms with E-state index in [0.717, 1.165) is 55.2 Å². The summed E-state index contributed by atoms with van der Waals surface area (Å²) in [5.74, 6) is -0.290. The Morgan fingerprint density at radius 1 is 1.00 bits per heavy atom. The molecule has 0 saturated carbocycles. The molecule has 1 N–H and O–H groups in total. The van der Waals surface area contributed by atoms with E-state index in [-0.39, 0.29) is 27.8 Å². The van der Waals surface area contributed by atoms with Crippen molar-refractivity contribution in [2.24, 2.45) is 5.92 Å². The number of benzene rings is 3. The highest BCUT2D eigenvalue weighted by Crippen LogP contribution is 2.29. The van der Waals surface area contributed by atoms with Gasteiger partial charge < -0.3 is 19.5 Å². The van der Waals surface area contributed by atoms with E-state index >= 15 is 0 Å². The van der Waals surface area contributed by atoms with E-state index in [1.165, 1.54) is 33.0 Å². The van der Waals surface area contributed by atoms with Crippen molar-refractivity contribution in [2.45, 2.75) is 45.6 Å². The Labute approximate surface area is 287 Å². The number of methoxy groups -OCH3 is 1. The number of esters is 1. The summed E-state index contributed by atoms with van der Waals surface area (Å²) in [4.78, 5) is 62.9. The van der Waals surface area contributed by atoms with Crippen LogP contribution in [-0.4, -0.2) is 63.4 Å². The lowest BCUT2D eigenvalue weighted by atomic mass is 9.98. The molecule has 0 unspecified atom stereocenters. The van der Waals surface area contributed by atoms with Crippen LogP contribution in [0.3, 0.4) is 0 Å². The van der Waals surface area contributed by atoms with Crippen molar-refractivity contribution in [1.29, 1.82) is 0 Å². The fourth-order valence-electron chi connectivity index (χ4n) is 4.81. The van der Waals surface area contributed by atoms with Crippen molar-refractivity contribution in [3.63, 3.8) is 0 Å². The minimum atomic E-state index is -0.932. The second-order valence-electron chi connectivity index (χ2n) is 10.8. The number of carbonyl (C=O) groups excluding carboxylic acids is 3. The number of carboxylic acids is 1. The zero-order valence-corrected chi connectivity index (χ0v) is 29.4. The zero-order valence-electron chi connectivity index (χ0n) is 26.2. The van der Waals surface area contributed by atoms with Gasteiger partial charge in [0.05, 0.1) is 13.0 Å². The van der Waals surface area contributed by atoms with Crippen LogP contribution in [0.2, 0.25) is 0 Å². The SMILES string of the molecule is CC(=O)SSC[C@@H](C)C(=O)N1CCC[C@H]1C(=O)O.COc1ccc2cc([C@H](C)C(=O)Oc3ccc(-c4nc(=O)ss4)cc3)ccc2c1. The molecule has 0 spiro atoms. The molecular weight excluding hydrogens is 681 g/mol. The highest BCUT2D eigenvalue weighted by Gasteiger charge is 2.35. The number of likely N-dealkylation sites (tertiary alicyclic amines) is 1. The standard InChI is InChI=1S/C22H17NO4S2.C11H17NO4S2/c1-13(15-3-4-17-12-19(26-2)10-7-16(17)11-15)21(24)27-18-8-5-14(6-9-18)20-23-22(25)29-28-20;1-7(6-17-18-8(2)13)10(14)12-5-3-4-9(12)11(15)16/h3-13H,1-2H3;7,9H,3-6H2,1-2H3,(H,15,16)/t13-;7-,9+/m01/s1. The first kappa shape index (κ1) is 36.1. The molecule has 47 heavy (non-hydrogen) atoms. The van der Waals surface area contributed by atoms with Gasteiger partial charge in [0.15, 0.2) is 5.12 Å². The van der Waals surface area contributed by atoms with Gasteiger partial charge >= 0.3 is 16.8 Å². The molecule has 1 amide bonds. The second-order valence-corrected chi connectivity index (χ2v) is 15.4. The normalized spacial score (nSPS) is 15.3. The number of aliphatic carboxylic acids is 1. The van der Waals surface area contributed by atoms with Crippen LogP contribution in [0.15, 0.2) is 65.5 Å². The van der Waals surface area contributed by atoms with Crippen molar-refractivity contribution >= 4 is 76.0 Å². The first-order chi connectivity index (χ1) is 22.5. The summed E-state index contributed by atoms with van der Waals surface area (Å²) in [6, 6.07) is 18.1. The van der Waals surface area contributed by atoms with Crippen LogP contribution in [0.4, 0.5) is 0 Å². The third kappa shape index (κ3) is 9.89. The van der Waals surface area contributed by atoms with Gasteiger partial charge in [-0.15, -0.1) is 0 Å². The molecule has 14 heteroatoms. The topological polar surface area (TPSA) is 140 Å². The van der Waals surface area contributed by atoms with E-state index in [0.29, 0.717) is 29.5 Å². The number of aromatic nitrogens is 1. The molecule has 0 radical (unpaired) electrons. The molecule has 1 fully saturated rings. The molecule has 3 atom stereocenters. The molecule has 5 rings (SSSR count). The van der Waals surface area contributed by atoms with E-state index in [4.69, 9.17) is 14.6 Å². The van der Waals surface area contributed by atoms with Crippen LogP contribution < -0.4 is 14.3 Å². The summed E-state index contributed by atoms with van der Waals surface area (Å²) in [6.45, 7) is 5.59. The quantitative estimate of drug-likeness (QED) is 0.106. The third-order valence-electron chi connectivity index (χ3n) is 7.37. The van der Waals surface area contributed by atoms with E-state index in [2.05, 4.69) is 4.98 Å². The first-order valence-electron chi connectivity index (χ1n) is 14.7. The first-order valence-corrected chi connectivity index (χ1v) is 19.1. The minimum Gasteiger partial charge on any atom is -0.497 e. The largest absolute Gasteiger partial charge is 0.497 e. The highest BCUT2D eigenvalue weighted by atomic mass is 33.1. The van der Waals surface area contributed by atoms with Crippen molar-refractivity contribution in [2.75, 3.05) is 19.4 Å². The number of rotatable bonds is 10. The Kier molecular flexibility index (Phi) is 13.0. The van der Waals surface area contributed by atoms with Crippen LogP contribution in [0.25, 0.3) is 21.3 Å². The molecule has 0 bridgehead atoms. The van der Waals surface area contributed by atoms with Gasteiger partial charge in [-0.2, -0.15) is 4.98 Å². The maximum absolute atomic E-state index is 12.6. The number of amides is 1. The van der Waals surface area contributed by atoms with Gasteiger partial charge in [-0.25, -0.2) is 4.79 Å². The van der Waals surface area contributed by atoms with Crippen molar-refractivity contribution in [1.82, 2.24) is 9.88 Å². The highest BCUT2D eigenvalue weighted by molar-refractivity contribution is 8.82. The summed E-state index contributed by atoms with van der Waals surface area (Å²) >= 11 is 0. The van der Waals surface area contributed by atoms with E-state index in [1.807, 2.05) is 43.3 Å². The predicted molar refractivity (Wildman–Crippen MR) is 189 cm³/mol. The maximum atomic E-state index is 12.6.